The molecule has 0 aliphatic heterocycles. The molecule has 0 saturated heterocycles. The average Bonchev–Trinajstić information content (AvgIpc) is 2.91. The molecular formula is C19H30. The molecule has 1 fully saturated rings. The van der Waals surface area contributed by atoms with Crippen LogP contribution in [0.5, 0.6) is 0 Å². The minimum Gasteiger partial charge on any atom is -0.0619 e. The minimum atomic E-state index is 0.240. The minimum absolute atomic E-state index is 0.240. The molecule has 0 amide bonds. The fourth-order valence-corrected chi connectivity index (χ4v) is 3.16. The molecule has 19 heavy (non-hydrogen) atoms. The number of benzene rings is 1. The molecule has 0 N–H and O–H groups in total. The van der Waals surface area contributed by atoms with E-state index in [4.69, 9.17) is 0 Å². The van der Waals surface area contributed by atoms with Crippen molar-refractivity contribution >= 4 is 0 Å². The van der Waals surface area contributed by atoms with Gasteiger partial charge in [-0.05, 0) is 52.7 Å². The highest BCUT2D eigenvalue weighted by atomic mass is 14.4. The summed E-state index contributed by atoms with van der Waals surface area (Å²) in [5, 5.41) is 0. The van der Waals surface area contributed by atoms with E-state index in [1.54, 1.807) is 16.7 Å². The molecule has 0 bridgehead atoms. The summed E-state index contributed by atoms with van der Waals surface area (Å²) >= 11 is 0. The van der Waals surface area contributed by atoms with E-state index in [-0.39, 0.29) is 10.8 Å². The predicted octanol–water partition coefficient (Wildman–Crippen LogP) is 5.71. The molecule has 0 aromatic heterocycles. The monoisotopic (exact) mass is 258 g/mol. The van der Waals surface area contributed by atoms with Gasteiger partial charge in [0.1, 0.15) is 0 Å². The molecule has 1 saturated carbocycles. The Morgan fingerprint density at radius 1 is 0.895 bits per heavy atom. The molecule has 106 valence electrons. The van der Waals surface area contributed by atoms with Crippen LogP contribution in [-0.4, -0.2) is 0 Å². The molecule has 0 spiro atoms. The van der Waals surface area contributed by atoms with Crippen LogP contribution in [0.4, 0.5) is 0 Å². The summed E-state index contributed by atoms with van der Waals surface area (Å²) in [6.45, 7) is 18.7. The van der Waals surface area contributed by atoms with Crippen molar-refractivity contribution in [1.29, 1.82) is 0 Å². The van der Waals surface area contributed by atoms with Crippen LogP contribution in [0.15, 0.2) is 12.1 Å². The summed E-state index contributed by atoms with van der Waals surface area (Å²) in [7, 11) is 0. The highest BCUT2D eigenvalue weighted by Crippen LogP contribution is 2.52. The standard InChI is InChI=1S/C19H30/c1-12-9-15(18(3,4)5)17(14-11-13(14)2)16(10-12)19(6,7)8/h9-10,13-14H,11H2,1-8H3. The van der Waals surface area contributed by atoms with Crippen LogP contribution in [0.3, 0.4) is 0 Å². The summed E-state index contributed by atoms with van der Waals surface area (Å²) in [4.78, 5) is 0. The van der Waals surface area contributed by atoms with Crippen LogP contribution in [-0.2, 0) is 10.8 Å². The summed E-state index contributed by atoms with van der Waals surface area (Å²) in [5.74, 6) is 1.66. The molecule has 2 rings (SSSR count). The maximum Gasteiger partial charge on any atom is -0.0127 e. The van der Waals surface area contributed by atoms with Gasteiger partial charge in [-0.1, -0.05) is 66.2 Å². The highest BCUT2D eigenvalue weighted by Gasteiger charge is 2.40. The summed E-state index contributed by atoms with van der Waals surface area (Å²) in [6, 6.07) is 4.85. The van der Waals surface area contributed by atoms with Crippen molar-refractivity contribution in [2.24, 2.45) is 5.92 Å². The third-order valence-electron chi connectivity index (χ3n) is 4.42. The van der Waals surface area contributed by atoms with Gasteiger partial charge in [0.15, 0.2) is 0 Å². The van der Waals surface area contributed by atoms with Gasteiger partial charge in [0.25, 0.3) is 0 Å². The van der Waals surface area contributed by atoms with Gasteiger partial charge < -0.3 is 0 Å². The summed E-state index contributed by atoms with van der Waals surface area (Å²) in [6.07, 6.45) is 1.37. The van der Waals surface area contributed by atoms with Gasteiger partial charge in [0.2, 0.25) is 0 Å². The van der Waals surface area contributed by atoms with Crippen LogP contribution < -0.4 is 0 Å². The maximum absolute atomic E-state index is 2.43. The molecular weight excluding hydrogens is 228 g/mol. The quantitative estimate of drug-likeness (QED) is 0.605. The van der Waals surface area contributed by atoms with Gasteiger partial charge in [-0.15, -0.1) is 0 Å². The normalized spacial score (nSPS) is 23.6. The molecule has 1 aromatic carbocycles. The number of hydrogen-bond acceptors (Lipinski definition) is 0. The van der Waals surface area contributed by atoms with E-state index < -0.39 is 0 Å². The third kappa shape index (κ3) is 2.88. The first kappa shape index (κ1) is 14.6. The molecule has 2 atom stereocenters. The van der Waals surface area contributed by atoms with Gasteiger partial charge >= 0.3 is 0 Å². The molecule has 1 aromatic rings. The second-order valence-corrected chi connectivity index (χ2v) is 8.59. The average molecular weight is 258 g/mol. The van der Waals surface area contributed by atoms with Crippen LogP contribution in [0, 0.1) is 12.8 Å². The first-order chi connectivity index (χ1) is 8.51. The summed E-state index contributed by atoms with van der Waals surface area (Å²) < 4.78 is 0. The predicted molar refractivity (Wildman–Crippen MR) is 85.1 cm³/mol. The highest BCUT2D eigenvalue weighted by molar-refractivity contribution is 5.49. The topological polar surface area (TPSA) is 0 Å². The fraction of sp³-hybridized carbons (Fsp3) is 0.684. The van der Waals surface area contributed by atoms with E-state index in [9.17, 15) is 0 Å². The molecule has 0 nitrogen and oxygen atoms in total. The number of rotatable bonds is 1. The first-order valence-corrected chi connectivity index (χ1v) is 7.67. The van der Waals surface area contributed by atoms with Crippen LogP contribution in [0.1, 0.15) is 83.1 Å². The van der Waals surface area contributed by atoms with Gasteiger partial charge in [0, 0.05) is 0 Å². The van der Waals surface area contributed by atoms with Crippen molar-refractivity contribution in [3.8, 4) is 0 Å². The SMILES string of the molecule is Cc1cc(C(C)(C)C)c(C2CC2C)c(C(C)(C)C)c1. The maximum atomic E-state index is 2.43. The van der Waals surface area contributed by atoms with E-state index in [0.717, 1.165) is 11.8 Å². The van der Waals surface area contributed by atoms with E-state index >= 15 is 0 Å². The zero-order valence-corrected chi connectivity index (χ0v) is 14.0. The van der Waals surface area contributed by atoms with Gasteiger partial charge in [-0.3, -0.25) is 0 Å². The fourth-order valence-electron chi connectivity index (χ4n) is 3.16. The lowest BCUT2D eigenvalue weighted by molar-refractivity contribution is 0.552. The van der Waals surface area contributed by atoms with E-state index in [2.05, 4.69) is 67.5 Å². The van der Waals surface area contributed by atoms with Crippen molar-refractivity contribution in [2.75, 3.05) is 0 Å². The molecule has 1 aliphatic carbocycles. The molecule has 1 aliphatic rings. The largest absolute Gasteiger partial charge is 0.0619 e. The Hall–Kier alpha value is -0.780. The zero-order chi connectivity index (χ0) is 14.6. The lowest BCUT2D eigenvalue weighted by Crippen LogP contribution is -2.21. The van der Waals surface area contributed by atoms with Gasteiger partial charge in [-0.2, -0.15) is 0 Å². The Labute approximate surface area is 119 Å². The Morgan fingerprint density at radius 3 is 1.53 bits per heavy atom. The Kier molecular flexibility index (Phi) is 3.36. The second kappa shape index (κ2) is 4.36. The zero-order valence-electron chi connectivity index (χ0n) is 14.0. The Bertz CT molecular complexity index is 445. The van der Waals surface area contributed by atoms with Crippen LogP contribution in [0.25, 0.3) is 0 Å². The first-order valence-electron chi connectivity index (χ1n) is 7.67. The van der Waals surface area contributed by atoms with E-state index in [1.165, 1.54) is 12.0 Å². The molecule has 0 heteroatoms. The third-order valence-corrected chi connectivity index (χ3v) is 4.42. The van der Waals surface area contributed by atoms with Crippen molar-refractivity contribution in [2.45, 2.75) is 78.6 Å². The Balaban J connectivity index is 2.70. The molecule has 2 unspecified atom stereocenters. The lowest BCUT2D eigenvalue weighted by atomic mass is 9.74. The number of aryl methyl sites for hydroxylation is 1. The second-order valence-electron chi connectivity index (χ2n) is 8.59. The smallest absolute Gasteiger partial charge is 0.0127 e. The van der Waals surface area contributed by atoms with Crippen LogP contribution >= 0.6 is 0 Å². The van der Waals surface area contributed by atoms with Gasteiger partial charge in [0.05, 0.1) is 0 Å². The van der Waals surface area contributed by atoms with Crippen LogP contribution in [0.2, 0.25) is 0 Å². The van der Waals surface area contributed by atoms with Crippen molar-refractivity contribution in [3.05, 3.63) is 34.4 Å². The molecule has 0 heterocycles. The number of hydrogen-bond donors (Lipinski definition) is 0. The lowest BCUT2D eigenvalue weighted by Gasteiger charge is -2.31. The Morgan fingerprint density at radius 2 is 1.26 bits per heavy atom. The van der Waals surface area contributed by atoms with Crippen molar-refractivity contribution in [3.63, 3.8) is 0 Å². The van der Waals surface area contributed by atoms with Crippen molar-refractivity contribution in [1.82, 2.24) is 0 Å². The van der Waals surface area contributed by atoms with E-state index in [0.29, 0.717) is 0 Å². The van der Waals surface area contributed by atoms with E-state index in [1.807, 2.05) is 0 Å². The van der Waals surface area contributed by atoms with Gasteiger partial charge in [-0.25, -0.2) is 0 Å². The van der Waals surface area contributed by atoms with Crippen molar-refractivity contribution < 1.29 is 0 Å². The summed E-state index contributed by atoms with van der Waals surface area (Å²) in [5.41, 5.74) is 6.71. The molecule has 0 radical (unpaired) electrons.